The number of nitrogens with zero attached hydrogens (tertiary/aromatic N) is 1. The predicted octanol–water partition coefficient (Wildman–Crippen LogP) is 3.46. The molecule has 1 atom stereocenters. The fraction of sp³-hybridized carbons (Fsp3) is 0.400. The van der Waals surface area contributed by atoms with Crippen molar-refractivity contribution in [2.45, 2.75) is 44.6 Å². The summed E-state index contributed by atoms with van der Waals surface area (Å²) in [6.07, 6.45) is 4.88. The van der Waals surface area contributed by atoms with Crippen molar-refractivity contribution in [3.8, 4) is 0 Å². The summed E-state index contributed by atoms with van der Waals surface area (Å²) in [6, 6.07) is 18.0. The topological polar surface area (TPSA) is 78.5 Å². The van der Waals surface area contributed by atoms with Crippen molar-refractivity contribution in [2.75, 3.05) is 19.6 Å². The number of hydrogen-bond donors (Lipinski definition) is 2. The lowest BCUT2D eigenvalue weighted by Gasteiger charge is -2.21. The van der Waals surface area contributed by atoms with E-state index in [1.807, 2.05) is 41.3 Å². The summed E-state index contributed by atoms with van der Waals surface area (Å²) >= 11 is 0. The Bertz CT molecular complexity index is 847. The van der Waals surface area contributed by atoms with Gasteiger partial charge >= 0.3 is 0 Å². The van der Waals surface area contributed by atoms with E-state index < -0.39 is 6.04 Å². The molecule has 2 aromatic rings. The fourth-order valence-electron chi connectivity index (χ4n) is 3.81. The van der Waals surface area contributed by atoms with Gasteiger partial charge in [-0.2, -0.15) is 0 Å². The average Bonchev–Trinajstić information content (AvgIpc) is 3.09. The van der Waals surface area contributed by atoms with Crippen molar-refractivity contribution in [3.63, 3.8) is 0 Å². The van der Waals surface area contributed by atoms with Crippen molar-refractivity contribution in [3.05, 3.63) is 71.8 Å². The van der Waals surface area contributed by atoms with Crippen LogP contribution >= 0.6 is 0 Å². The number of rotatable bonds is 8. The van der Waals surface area contributed by atoms with Crippen molar-refractivity contribution >= 4 is 17.7 Å². The minimum Gasteiger partial charge on any atom is -0.356 e. The first-order valence-corrected chi connectivity index (χ1v) is 11.1. The standard InChI is InChI=1S/C25H31N3O3/c29-23(26-16-15-24(30)28-17-9-1-2-10-18-28)19-22(20-11-5-3-6-12-20)27-25(31)21-13-7-4-8-14-21/h3-8,11-14,22H,1-2,9-10,15-19H2,(H,26,29)(H,27,31). The fourth-order valence-corrected chi connectivity index (χ4v) is 3.81. The SMILES string of the molecule is O=C(CC(NC(=O)c1ccccc1)c1ccccc1)NCCC(=O)N1CCCCCC1. The molecule has 1 aliphatic heterocycles. The number of amides is 3. The highest BCUT2D eigenvalue weighted by Crippen LogP contribution is 2.17. The summed E-state index contributed by atoms with van der Waals surface area (Å²) in [6.45, 7) is 1.94. The van der Waals surface area contributed by atoms with Crippen molar-refractivity contribution < 1.29 is 14.4 Å². The second-order valence-electron chi connectivity index (χ2n) is 7.90. The Labute approximate surface area is 184 Å². The summed E-state index contributed by atoms with van der Waals surface area (Å²) in [4.78, 5) is 39.5. The zero-order chi connectivity index (χ0) is 21.9. The van der Waals surface area contributed by atoms with Crippen LogP contribution in [0.1, 0.15) is 60.5 Å². The smallest absolute Gasteiger partial charge is 0.251 e. The minimum absolute atomic E-state index is 0.0965. The molecule has 6 heteroatoms. The Morgan fingerprint density at radius 3 is 2.10 bits per heavy atom. The van der Waals surface area contributed by atoms with Gasteiger partial charge in [0.2, 0.25) is 11.8 Å². The van der Waals surface area contributed by atoms with E-state index in [9.17, 15) is 14.4 Å². The molecule has 31 heavy (non-hydrogen) atoms. The lowest BCUT2D eigenvalue weighted by atomic mass is 10.0. The molecule has 0 radical (unpaired) electrons. The molecule has 1 saturated heterocycles. The lowest BCUT2D eigenvalue weighted by molar-refractivity contribution is -0.131. The molecule has 1 unspecified atom stereocenters. The molecule has 1 aliphatic rings. The molecule has 0 aliphatic carbocycles. The van der Waals surface area contributed by atoms with E-state index in [2.05, 4.69) is 10.6 Å². The molecule has 0 bridgehead atoms. The van der Waals surface area contributed by atoms with Gasteiger partial charge in [-0.15, -0.1) is 0 Å². The van der Waals surface area contributed by atoms with Crippen molar-refractivity contribution in [1.82, 2.24) is 15.5 Å². The monoisotopic (exact) mass is 421 g/mol. The van der Waals surface area contributed by atoms with Gasteiger partial charge in [-0.05, 0) is 30.5 Å². The van der Waals surface area contributed by atoms with E-state index in [1.54, 1.807) is 24.3 Å². The van der Waals surface area contributed by atoms with E-state index >= 15 is 0 Å². The van der Waals surface area contributed by atoms with Crippen LogP contribution in [-0.2, 0) is 9.59 Å². The van der Waals surface area contributed by atoms with E-state index in [-0.39, 0.29) is 24.1 Å². The molecule has 0 saturated carbocycles. The van der Waals surface area contributed by atoms with Crippen LogP contribution in [0.25, 0.3) is 0 Å². The molecule has 3 amide bonds. The molecule has 2 aromatic carbocycles. The number of carbonyl (C=O) groups is 3. The van der Waals surface area contributed by atoms with Gasteiger partial charge in [-0.1, -0.05) is 61.4 Å². The third kappa shape index (κ3) is 7.24. The van der Waals surface area contributed by atoms with Crippen LogP contribution in [0.5, 0.6) is 0 Å². The van der Waals surface area contributed by atoms with Crippen molar-refractivity contribution in [2.24, 2.45) is 0 Å². The highest BCUT2D eigenvalue weighted by atomic mass is 16.2. The molecule has 0 spiro atoms. The van der Waals surface area contributed by atoms with Crippen LogP contribution < -0.4 is 10.6 Å². The Morgan fingerprint density at radius 2 is 1.45 bits per heavy atom. The molecule has 6 nitrogen and oxygen atoms in total. The quantitative estimate of drug-likeness (QED) is 0.685. The van der Waals surface area contributed by atoms with Crippen LogP contribution in [0.4, 0.5) is 0 Å². The van der Waals surface area contributed by atoms with Crippen LogP contribution in [0, 0.1) is 0 Å². The number of hydrogen-bond acceptors (Lipinski definition) is 3. The Balaban J connectivity index is 1.53. The number of carbonyl (C=O) groups excluding carboxylic acids is 3. The van der Waals surface area contributed by atoms with Gasteiger partial charge in [0, 0.05) is 31.6 Å². The average molecular weight is 422 g/mol. The summed E-state index contributed by atoms with van der Waals surface area (Å²) in [7, 11) is 0. The van der Waals surface area contributed by atoms with Gasteiger partial charge in [-0.25, -0.2) is 0 Å². The maximum absolute atomic E-state index is 12.6. The summed E-state index contributed by atoms with van der Waals surface area (Å²) in [5, 5.41) is 5.81. The molecule has 164 valence electrons. The molecule has 0 aromatic heterocycles. The Kier molecular flexibility index (Phi) is 8.64. The van der Waals surface area contributed by atoms with E-state index in [1.165, 1.54) is 12.8 Å². The van der Waals surface area contributed by atoms with Crippen molar-refractivity contribution in [1.29, 1.82) is 0 Å². The first kappa shape index (κ1) is 22.5. The van der Waals surface area contributed by atoms with Crippen LogP contribution in [-0.4, -0.2) is 42.3 Å². The van der Waals surface area contributed by atoms with Crippen LogP contribution in [0.2, 0.25) is 0 Å². The Morgan fingerprint density at radius 1 is 0.839 bits per heavy atom. The molecular formula is C25H31N3O3. The zero-order valence-electron chi connectivity index (χ0n) is 17.9. The Hall–Kier alpha value is -3.15. The summed E-state index contributed by atoms with van der Waals surface area (Å²) in [5.41, 5.74) is 1.41. The molecule has 1 fully saturated rings. The maximum Gasteiger partial charge on any atom is 0.251 e. The lowest BCUT2D eigenvalue weighted by Crippen LogP contribution is -2.37. The summed E-state index contributed by atoms with van der Waals surface area (Å²) < 4.78 is 0. The minimum atomic E-state index is -0.449. The van der Waals surface area contributed by atoms with E-state index in [0.717, 1.165) is 31.5 Å². The number of likely N-dealkylation sites (tertiary alicyclic amines) is 1. The van der Waals surface area contributed by atoms with Crippen LogP contribution in [0.15, 0.2) is 60.7 Å². The third-order valence-electron chi connectivity index (χ3n) is 5.55. The van der Waals surface area contributed by atoms with Gasteiger partial charge in [0.05, 0.1) is 12.5 Å². The van der Waals surface area contributed by atoms with Gasteiger partial charge in [0.1, 0.15) is 0 Å². The van der Waals surface area contributed by atoms with Gasteiger partial charge < -0.3 is 15.5 Å². The first-order valence-electron chi connectivity index (χ1n) is 11.1. The van der Waals surface area contributed by atoms with Gasteiger partial charge in [0.25, 0.3) is 5.91 Å². The predicted molar refractivity (Wildman–Crippen MR) is 120 cm³/mol. The zero-order valence-corrected chi connectivity index (χ0v) is 17.9. The van der Waals surface area contributed by atoms with E-state index in [0.29, 0.717) is 18.5 Å². The molecule has 2 N–H and O–H groups in total. The molecule has 1 heterocycles. The van der Waals surface area contributed by atoms with Gasteiger partial charge in [0.15, 0.2) is 0 Å². The van der Waals surface area contributed by atoms with E-state index in [4.69, 9.17) is 0 Å². The first-order chi connectivity index (χ1) is 15.1. The molecule has 3 rings (SSSR count). The van der Waals surface area contributed by atoms with Crippen LogP contribution in [0.3, 0.4) is 0 Å². The van der Waals surface area contributed by atoms with Gasteiger partial charge in [-0.3, -0.25) is 14.4 Å². The highest BCUT2D eigenvalue weighted by molar-refractivity contribution is 5.94. The summed E-state index contributed by atoms with van der Waals surface area (Å²) in [5.74, 6) is -0.316. The largest absolute Gasteiger partial charge is 0.356 e. The third-order valence-corrected chi connectivity index (χ3v) is 5.55. The number of nitrogens with one attached hydrogen (secondary N) is 2. The second kappa shape index (κ2) is 11.9. The molecular weight excluding hydrogens is 390 g/mol. The second-order valence-corrected chi connectivity index (χ2v) is 7.90. The number of benzene rings is 2. The highest BCUT2D eigenvalue weighted by Gasteiger charge is 2.20. The maximum atomic E-state index is 12.6. The normalized spacial score (nSPS) is 14.9.